The quantitative estimate of drug-likeness (QED) is 0.172. The summed E-state index contributed by atoms with van der Waals surface area (Å²) in [6.07, 6.45) is 1.87. The van der Waals surface area contributed by atoms with Crippen molar-refractivity contribution in [2.75, 3.05) is 0 Å². The van der Waals surface area contributed by atoms with Gasteiger partial charge in [-0.2, -0.15) is 0 Å². The Labute approximate surface area is 307 Å². The first-order chi connectivity index (χ1) is 26.3. The highest BCUT2D eigenvalue weighted by Gasteiger charge is 2.24. The summed E-state index contributed by atoms with van der Waals surface area (Å²) in [5.41, 5.74) is 9.20. The average molecular weight is 693 g/mol. The van der Waals surface area contributed by atoms with Crippen molar-refractivity contribution in [1.82, 2.24) is 19.1 Å². The monoisotopic (exact) mass is 692 g/mol. The van der Waals surface area contributed by atoms with Gasteiger partial charge in [0.2, 0.25) is 0 Å². The van der Waals surface area contributed by atoms with Crippen molar-refractivity contribution >= 4 is 85.9 Å². The molecule has 0 bridgehead atoms. The largest absolute Gasteiger partial charge is 0.294 e. The first-order valence-electron chi connectivity index (χ1n) is 17.9. The third kappa shape index (κ3) is 4.00. The SMILES string of the molecule is c1ccc(-c2cccc3c2sc2c(-c4cccc(-n5c6cccc7ccc8cc9c(c%10ccccc%10n9-c9ccccn9)c5c8c76)n4)cccc23)cc1. The summed E-state index contributed by atoms with van der Waals surface area (Å²) in [6.45, 7) is 0. The van der Waals surface area contributed by atoms with Crippen molar-refractivity contribution in [3.05, 3.63) is 170 Å². The lowest BCUT2D eigenvalue weighted by Gasteiger charge is -2.11. The first-order valence-corrected chi connectivity index (χ1v) is 18.7. The fraction of sp³-hybridized carbons (Fsp3) is 0. The van der Waals surface area contributed by atoms with Crippen LogP contribution < -0.4 is 0 Å². The molecule has 4 nitrogen and oxygen atoms in total. The number of nitrogens with zero attached hydrogens (tertiary/aromatic N) is 4. The Bertz CT molecular complexity index is 3390. The van der Waals surface area contributed by atoms with Gasteiger partial charge in [-0.1, -0.05) is 121 Å². The molecule has 7 aromatic carbocycles. The van der Waals surface area contributed by atoms with Crippen LogP contribution in [0.25, 0.3) is 109 Å². The van der Waals surface area contributed by atoms with E-state index in [1.165, 1.54) is 69.1 Å². The highest BCUT2D eigenvalue weighted by Crippen LogP contribution is 2.47. The Hall–Kier alpha value is -6.82. The van der Waals surface area contributed by atoms with Crippen molar-refractivity contribution < 1.29 is 0 Å². The highest BCUT2D eigenvalue weighted by molar-refractivity contribution is 7.26. The van der Waals surface area contributed by atoms with E-state index in [0.717, 1.165) is 39.4 Å². The van der Waals surface area contributed by atoms with Crippen molar-refractivity contribution in [3.63, 3.8) is 0 Å². The van der Waals surface area contributed by atoms with Gasteiger partial charge in [0.1, 0.15) is 11.6 Å². The van der Waals surface area contributed by atoms with E-state index in [1.807, 2.05) is 23.6 Å². The minimum Gasteiger partial charge on any atom is -0.294 e. The average Bonchev–Trinajstić information content (AvgIpc) is 3.89. The van der Waals surface area contributed by atoms with E-state index in [0.29, 0.717) is 0 Å². The van der Waals surface area contributed by atoms with E-state index in [4.69, 9.17) is 9.97 Å². The molecule has 12 aromatic rings. The van der Waals surface area contributed by atoms with Crippen LogP contribution in [0.2, 0.25) is 0 Å². The molecule has 0 aliphatic rings. The summed E-state index contributed by atoms with van der Waals surface area (Å²) in [5, 5.41) is 9.91. The molecule has 0 N–H and O–H groups in total. The molecule has 0 saturated heterocycles. The van der Waals surface area contributed by atoms with Crippen LogP contribution in [0.3, 0.4) is 0 Å². The van der Waals surface area contributed by atoms with E-state index in [2.05, 4.69) is 167 Å². The topological polar surface area (TPSA) is 35.6 Å². The molecular formula is C48H28N4S. The molecule has 246 valence electrons. The summed E-state index contributed by atoms with van der Waals surface area (Å²) >= 11 is 1.87. The molecule has 0 atom stereocenters. The van der Waals surface area contributed by atoms with E-state index >= 15 is 0 Å². The van der Waals surface area contributed by atoms with E-state index < -0.39 is 0 Å². The van der Waals surface area contributed by atoms with Gasteiger partial charge in [-0.05, 0) is 64.4 Å². The number of thiophene rings is 1. The van der Waals surface area contributed by atoms with E-state index in [-0.39, 0.29) is 0 Å². The van der Waals surface area contributed by atoms with Crippen LogP contribution in [0.4, 0.5) is 0 Å². The van der Waals surface area contributed by atoms with Gasteiger partial charge in [-0.25, -0.2) is 9.97 Å². The second-order valence-corrected chi connectivity index (χ2v) is 14.8. The predicted molar refractivity (Wildman–Crippen MR) is 223 cm³/mol. The van der Waals surface area contributed by atoms with Crippen molar-refractivity contribution in [1.29, 1.82) is 0 Å². The molecule has 0 fully saturated rings. The molecule has 0 aliphatic carbocycles. The first kappa shape index (κ1) is 28.8. The van der Waals surface area contributed by atoms with E-state index in [9.17, 15) is 0 Å². The van der Waals surface area contributed by atoms with E-state index in [1.54, 1.807) is 0 Å². The lowest BCUT2D eigenvalue weighted by molar-refractivity contribution is 1.08. The molecule has 0 spiro atoms. The zero-order valence-electron chi connectivity index (χ0n) is 28.4. The summed E-state index contributed by atoms with van der Waals surface area (Å²) in [5.74, 6) is 1.80. The van der Waals surface area contributed by atoms with Gasteiger partial charge in [0.05, 0.1) is 27.8 Å². The fourth-order valence-electron chi connectivity index (χ4n) is 8.73. The summed E-state index contributed by atoms with van der Waals surface area (Å²) in [7, 11) is 0. The minimum atomic E-state index is 0.901. The Balaban J connectivity index is 1.16. The number of benzene rings is 7. The molecule has 0 aliphatic heterocycles. The van der Waals surface area contributed by atoms with Crippen LogP contribution in [0.5, 0.6) is 0 Å². The number of aromatic nitrogens is 4. The van der Waals surface area contributed by atoms with Gasteiger partial charge in [-0.15, -0.1) is 11.3 Å². The zero-order chi connectivity index (χ0) is 34.6. The number of fused-ring (bicyclic) bond motifs is 7. The molecule has 12 rings (SSSR count). The number of pyridine rings is 2. The molecular weight excluding hydrogens is 665 g/mol. The molecule has 0 amide bonds. The molecule has 5 aromatic heterocycles. The van der Waals surface area contributed by atoms with Crippen LogP contribution in [-0.2, 0) is 0 Å². The maximum Gasteiger partial charge on any atom is 0.138 e. The van der Waals surface area contributed by atoms with Gasteiger partial charge in [0.15, 0.2) is 0 Å². The third-order valence-electron chi connectivity index (χ3n) is 10.9. The van der Waals surface area contributed by atoms with Crippen LogP contribution in [0.15, 0.2) is 170 Å². The summed E-state index contributed by atoms with van der Waals surface area (Å²) < 4.78 is 7.27. The lowest BCUT2D eigenvalue weighted by Crippen LogP contribution is -1.99. The van der Waals surface area contributed by atoms with Gasteiger partial charge in [-0.3, -0.25) is 9.13 Å². The van der Waals surface area contributed by atoms with Crippen LogP contribution in [0, 0.1) is 0 Å². The van der Waals surface area contributed by atoms with Crippen molar-refractivity contribution in [3.8, 4) is 34.0 Å². The van der Waals surface area contributed by atoms with Crippen LogP contribution in [0.1, 0.15) is 0 Å². The molecule has 0 radical (unpaired) electrons. The molecule has 0 unspecified atom stereocenters. The minimum absolute atomic E-state index is 0.901. The molecule has 5 heteroatoms. The smallest absolute Gasteiger partial charge is 0.138 e. The number of rotatable bonds is 4. The second kappa shape index (κ2) is 10.8. The Morgan fingerprint density at radius 1 is 0.434 bits per heavy atom. The molecule has 5 heterocycles. The maximum atomic E-state index is 5.55. The third-order valence-corrected chi connectivity index (χ3v) is 12.2. The summed E-state index contributed by atoms with van der Waals surface area (Å²) in [4.78, 5) is 10.4. The normalized spacial score (nSPS) is 12.2. The summed E-state index contributed by atoms with van der Waals surface area (Å²) in [6, 6.07) is 58.9. The Morgan fingerprint density at radius 2 is 1.13 bits per heavy atom. The predicted octanol–water partition coefficient (Wildman–Crippen LogP) is 13.0. The fourth-order valence-corrected chi connectivity index (χ4v) is 10.1. The molecule has 53 heavy (non-hydrogen) atoms. The maximum absolute atomic E-state index is 5.55. The second-order valence-electron chi connectivity index (χ2n) is 13.7. The van der Waals surface area contributed by atoms with Crippen LogP contribution in [-0.4, -0.2) is 19.1 Å². The van der Waals surface area contributed by atoms with Gasteiger partial charge < -0.3 is 0 Å². The van der Waals surface area contributed by atoms with Gasteiger partial charge in [0.25, 0.3) is 0 Å². The number of para-hydroxylation sites is 1. The van der Waals surface area contributed by atoms with Gasteiger partial charge in [0, 0.05) is 53.5 Å². The molecule has 0 saturated carbocycles. The van der Waals surface area contributed by atoms with Crippen molar-refractivity contribution in [2.45, 2.75) is 0 Å². The highest BCUT2D eigenvalue weighted by atomic mass is 32.1. The lowest BCUT2D eigenvalue weighted by atomic mass is 9.99. The standard InChI is InChI=1S/C48H28N4S/c1-2-12-29(13-3-1)32-16-9-17-33-34-18-10-19-35(48(34)53-47(32)33)37-20-11-24-42(50-37)52-39-22-8-14-30-25-26-31-28-40-45(46(52)44(31)43(30)39)36-15-4-5-21-38(36)51(40)41-23-6-7-27-49-41/h1-28H. The zero-order valence-corrected chi connectivity index (χ0v) is 29.2. The van der Waals surface area contributed by atoms with Crippen LogP contribution >= 0.6 is 11.3 Å². The Kier molecular flexibility index (Phi) is 5.90. The van der Waals surface area contributed by atoms with Gasteiger partial charge >= 0.3 is 0 Å². The Morgan fingerprint density at radius 3 is 2.00 bits per heavy atom. The number of hydrogen-bond acceptors (Lipinski definition) is 3. The number of hydrogen-bond donors (Lipinski definition) is 0. The van der Waals surface area contributed by atoms with Crippen molar-refractivity contribution in [2.24, 2.45) is 0 Å².